The lowest BCUT2D eigenvalue weighted by Gasteiger charge is -2.41. The Morgan fingerprint density at radius 3 is 2.52 bits per heavy atom. The molecule has 2 aromatic heterocycles. The van der Waals surface area contributed by atoms with Crippen molar-refractivity contribution in [2.45, 2.75) is 38.2 Å². The number of aromatic nitrogens is 4. The Labute approximate surface area is 144 Å². The van der Waals surface area contributed by atoms with E-state index < -0.39 is 12.2 Å². The molecule has 0 N–H and O–H groups in total. The summed E-state index contributed by atoms with van der Waals surface area (Å²) in [4.78, 5) is 4.82. The largest absolute Gasteiger partial charge is 0.353 e. The number of nitrogens with zero attached hydrogens (tertiary/aromatic N) is 6. The van der Waals surface area contributed by atoms with E-state index in [0.29, 0.717) is 5.65 Å². The molecule has 2 aliphatic carbocycles. The number of alkyl halides is 2. The maximum absolute atomic E-state index is 13.0. The van der Waals surface area contributed by atoms with Crippen LogP contribution in [0.4, 0.5) is 14.6 Å². The van der Waals surface area contributed by atoms with Crippen LogP contribution in [0.5, 0.6) is 0 Å². The van der Waals surface area contributed by atoms with Gasteiger partial charge in [0.1, 0.15) is 5.82 Å². The Bertz CT molecular complexity index is 770. The van der Waals surface area contributed by atoms with Crippen LogP contribution in [0.15, 0.2) is 12.1 Å². The first-order valence-corrected chi connectivity index (χ1v) is 9.18. The number of piperazine rings is 1. The summed E-state index contributed by atoms with van der Waals surface area (Å²) in [5.41, 5.74) is 0.361. The third-order valence-electron chi connectivity index (χ3n) is 6.28. The summed E-state index contributed by atoms with van der Waals surface area (Å²) in [6.45, 7) is 3.83. The molecule has 134 valence electrons. The van der Waals surface area contributed by atoms with E-state index in [9.17, 15) is 8.78 Å². The fourth-order valence-corrected chi connectivity index (χ4v) is 5.04. The monoisotopic (exact) mass is 348 g/mol. The predicted octanol–water partition coefficient (Wildman–Crippen LogP) is 2.37. The van der Waals surface area contributed by atoms with Gasteiger partial charge in [-0.2, -0.15) is 4.52 Å². The molecule has 0 unspecified atom stereocenters. The number of rotatable bonds is 3. The first kappa shape index (κ1) is 15.4. The van der Waals surface area contributed by atoms with Crippen LogP contribution in [0.25, 0.3) is 5.65 Å². The predicted molar refractivity (Wildman–Crippen MR) is 88.8 cm³/mol. The summed E-state index contributed by atoms with van der Waals surface area (Å²) >= 11 is 0. The second kappa shape index (κ2) is 5.86. The first-order chi connectivity index (χ1) is 12.2. The molecule has 1 saturated heterocycles. The quantitative estimate of drug-likeness (QED) is 0.852. The zero-order valence-corrected chi connectivity index (χ0v) is 14.1. The van der Waals surface area contributed by atoms with Crippen LogP contribution in [0.2, 0.25) is 0 Å². The van der Waals surface area contributed by atoms with Crippen molar-refractivity contribution in [3.8, 4) is 0 Å². The average Bonchev–Trinajstić information content (AvgIpc) is 3.36. The van der Waals surface area contributed by atoms with Crippen LogP contribution in [-0.4, -0.2) is 56.9 Å². The van der Waals surface area contributed by atoms with Gasteiger partial charge in [-0.25, -0.2) is 8.78 Å². The molecule has 2 saturated carbocycles. The maximum atomic E-state index is 13.0. The fraction of sp³-hybridized carbons (Fsp3) is 0.706. The van der Waals surface area contributed by atoms with Gasteiger partial charge in [0.15, 0.2) is 5.65 Å². The Hall–Kier alpha value is -1.83. The van der Waals surface area contributed by atoms with E-state index in [-0.39, 0.29) is 0 Å². The van der Waals surface area contributed by atoms with Crippen LogP contribution in [0, 0.1) is 11.8 Å². The molecule has 6 nitrogen and oxygen atoms in total. The lowest BCUT2D eigenvalue weighted by molar-refractivity contribution is 0.134. The summed E-state index contributed by atoms with van der Waals surface area (Å²) in [7, 11) is 0. The van der Waals surface area contributed by atoms with Gasteiger partial charge in [0.25, 0.3) is 6.43 Å². The SMILES string of the molecule is FC(F)c1nnc2ccc(N3CCN([C@@H]4C[C@H]5CC[C@H]4C5)CC3)nn12. The lowest BCUT2D eigenvalue weighted by Crippen LogP contribution is -2.52. The highest BCUT2D eigenvalue weighted by atomic mass is 19.3. The normalized spacial score (nSPS) is 30.0. The first-order valence-electron chi connectivity index (χ1n) is 9.18. The molecule has 5 rings (SSSR count). The zero-order valence-electron chi connectivity index (χ0n) is 14.1. The van der Waals surface area contributed by atoms with Crippen molar-refractivity contribution < 1.29 is 8.78 Å². The third kappa shape index (κ3) is 2.58. The molecule has 3 atom stereocenters. The van der Waals surface area contributed by atoms with Gasteiger partial charge in [-0.15, -0.1) is 15.3 Å². The van der Waals surface area contributed by atoms with Crippen molar-refractivity contribution in [3.63, 3.8) is 0 Å². The van der Waals surface area contributed by atoms with Gasteiger partial charge in [0, 0.05) is 32.2 Å². The summed E-state index contributed by atoms with van der Waals surface area (Å²) in [6, 6.07) is 4.33. The lowest BCUT2D eigenvalue weighted by atomic mass is 9.93. The van der Waals surface area contributed by atoms with Crippen LogP contribution in [0.3, 0.4) is 0 Å². The van der Waals surface area contributed by atoms with Crippen LogP contribution >= 0.6 is 0 Å². The van der Waals surface area contributed by atoms with E-state index >= 15 is 0 Å². The van der Waals surface area contributed by atoms with Crippen molar-refractivity contribution in [1.82, 2.24) is 24.7 Å². The zero-order chi connectivity index (χ0) is 17.0. The standard InChI is InChI=1S/C17H22F2N6/c18-16(19)17-21-20-14-3-4-15(22-25(14)17)24-7-5-23(6-8-24)13-10-11-1-2-12(13)9-11/h3-4,11-13,16H,1-2,5-10H2/t11-,12-,13+/m0/s1. The van der Waals surface area contributed by atoms with Gasteiger partial charge in [-0.1, -0.05) is 6.42 Å². The van der Waals surface area contributed by atoms with Crippen molar-refractivity contribution >= 4 is 11.5 Å². The smallest absolute Gasteiger partial charge is 0.299 e. The number of hydrogen-bond donors (Lipinski definition) is 0. The molecule has 3 fully saturated rings. The Morgan fingerprint density at radius 2 is 1.84 bits per heavy atom. The highest BCUT2D eigenvalue weighted by Gasteiger charge is 2.42. The van der Waals surface area contributed by atoms with E-state index in [0.717, 1.165) is 49.9 Å². The highest BCUT2D eigenvalue weighted by Crippen LogP contribution is 2.46. The van der Waals surface area contributed by atoms with Crippen LogP contribution in [-0.2, 0) is 0 Å². The van der Waals surface area contributed by atoms with Gasteiger partial charge >= 0.3 is 0 Å². The summed E-state index contributed by atoms with van der Waals surface area (Å²) in [5, 5.41) is 11.7. The van der Waals surface area contributed by atoms with Gasteiger partial charge in [-0.05, 0) is 43.2 Å². The molecular weight excluding hydrogens is 326 g/mol. The summed E-state index contributed by atoms with van der Waals surface area (Å²) in [6.07, 6.45) is 2.95. The molecule has 0 spiro atoms. The Balaban J connectivity index is 1.30. The Kier molecular flexibility index (Phi) is 3.62. The second-order valence-electron chi connectivity index (χ2n) is 7.59. The topological polar surface area (TPSA) is 49.6 Å². The van der Waals surface area contributed by atoms with Gasteiger partial charge in [0.05, 0.1) is 0 Å². The van der Waals surface area contributed by atoms with Crippen molar-refractivity contribution in [1.29, 1.82) is 0 Å². The molecule has 3 heterocycles. The molecule has 2 aromatic rings. The van der Waals surface area contributed by atoms with E-state index in [1.54, 1.807) is 6.07 Å². The second-order valence-corrected chi connectivity index (χ2v) is 7.59. The highest BCUT2D eigenvalue weighted by molar-refractivity contribution is 5.46. The van der Waals surface area contributed by atoms with Gasteiger partial charge in [-0.3, -0.25) is 4.90 Å². The molecular formula is C17H22F2N6. The molecule has 1 aliphatic heterocycles. The van der Waals surface area contributed by atoms with E-state index in [4.69, 9.17) is 0 Å². The molecule has 2 bridgehead atoms. The van der Waals surface area contributed by atoms with E-state index in [1.807, 2.05) is 6.07 Å². The number of fused-ring (bicyclic) bond motifs is 3. The minimum Gasteiger partial charge on any atom is -0.353 e. The minimum atomic E-state index is -2.67. The van der Waals surface area contributed by atoms with Crippen LogP contribution in [0.1, 0.15) is 37.9 Å². The summed E-state index contributed by atoms with van der Waals surface area (Å²) < 4.78 is 27.2. The number of anilines is 1. The third-order valence-corrected chi connectivity index (χ3v) is 6.28. The van der Waals surface area contributed by atoms with E-state index in [1.165, 1.54) is 30.2 Å². The van der Waals surface area contributed by atoms with Gasteiger partial charge in [0.2, 0.25) is 5.82 Å². The molecule has 3 aliphatic rings. The fourth-order valence-electron chi connectivity index (χ4n) is 5.04. The van der Waals surface area contributed by atoms with Gasteiger partial charge < -0.3 is 4.90 Å². The molecule has 25 heavy (non-hydrogen) atoms. The van der Waals surface area contributed by atoms with Crippen molar-refractivity contribution in [3.05, 3.63) is 18.0 Å². The van der Waals surface area contributed by atoms with E-state index in [2.05, 4.69) is 25.1 Å². The minimum absolute atomic E-state index is 0.361. The molecule has 8 heteroatoms. The molecule has 0 aromatic carbocycles. The maximum Gasteiger partial charge on any atom is 0.299 e. The van der Waals surface area contributed by atoms with Crippen LogP contribution < -0.4 is 4.90 Å². The van der Waals surface area contributed by atoms with Crippen molar-refractivity contribution in [2.24, 2.45) is 11.8 Å². The van der Waals surface area contributed by atoms with Crippen molar-refractivity contribution in [2.75, 3.05) is 31.1 Å². The number of halogens is 2. The summed E-state index contributed by atoms with van der Waals surface area (Å²) in [5.74, 6) is 2.19. The Morgan fingerprint density at radius 1 is 1.00 bits per heavy atom. The molecule has 0 amide bonds. The number of hydrogen-bond acceptors (Lipinski definition) is 5. The average molecular weight is 348 g/mol. The molecule has 0 radical (unpaired) electrons.